The zero-order valence-corrected chi connectivity index (χ0v) is 6.61. The Kier molecular flexibility index (Phi) is 3.28. The number of nitrogens with one attached hydrogen (secondary N) is 1. The summed E-state index contributed by atoms with van der Waals surface area (Å²) in [5.74, 6) is -0.509. The van der Waals surface area contributed by atoms with Gasteiger partial charge in [0.05, 0.1) is 5.10 Å². The standard InChI is InChI=1S/CHN5O2.Na/c7-6(8)1-2-4-5-3-1;/h(H,2,3,4,5);/q;+1. The van der Waals surface area contributed by atoms with E-state index in [-0.39, 0.29) is 29.6 Å². The molecule has 7 nitrogen and oxygen atoms in total. The van der Waals surface area contributed by atoms with Crippen LogP contribution in [0, 0.1) is 10.1 Å². The van der Waals surface area contributed by atoms with Crippen molar-refractivity contribution in [3.05, 3.63) is 10.1 Å². The Morgan fingerprint density at radius 2 is 2.33 bits per heavy atom. The molecule has 0 spiro atoms. The maximum Gasteiger partial charge on any atom is 1.00 e. The van der Waals surface area contributed by atoms with Crippen molar-refractivity contribution < 1.29 is 34.5 Å². The first kappa shape index (κ1) is 8.47. The summed E-state index contributed by atoms with van der Waals surface area (Å²) in [5.41, 5.74) is 0. The molecule has 0 aliphatic rings. The van der Waals surface area contributed by atoms with Crippen LogP contribution in [-0.2, 0) is 0 Å². The summed E-state index contributed by atoms with van der Waals surface area (Å²) in [4.78, 5) is 8.95. The molecule has 0 radical (unpaired) electrons. The third-order valence-electron chi connectivity index (χ3n) is 0.497. The van der Waals surface area contributed by atoms with Gasteiger partial charge in [0.2, 0.25) is 0 Å². The van der Waals surface area contributed by atoms with Gasteiger partial charge in [0, 0.05) is 10.3 Å². The first-order valence-corrected chi connectivity index (χ1v) is 1.68. The second-order valence-corrected chi connectivity index (χ2v) is 0.969. The van der Waals surface area contributed by atoms with E-state index in [1.54, 1.807) is 0 Å². The van der Waals surface area contributed by atoms with E-state index in [1.165, 1.54) is 0 Å². The van der Waals surface area contributed by atoms with E-state index in [4.69, 9.17) is 0 Å². The zero-order valence-electron chi connectivity index (χ0n) is 4.61. The summed E-state index contributed by atoms with van der Waals surface area (Å²) in [5, 5.41) is 20.7. The first-order chi connectivity index (χ1) is 3.80. The molecule has 1 aromatic rings. The first-order valence-electron chi connectivity index (χ1n) is 1.68. The van der Waals surface area contributed by atoms with Crippen LogP contribution in [0.1, 0.15) is 0 Å². The summed E-state index contributed by atoms with van der Waals surface area (Å²) in [6.45, 7) is 0. The molecule has 0 aliphatic carbocycles. The molecule has 0 bridgehead atoms. The molecule has 0 aromatic carbocycles. The van der Waals surface area contributed by atoms with Gasteiger partial charge in [-0.2, -0.15) is 0 Å². The van der Waals surface area contributed by atoms with Crippen molar-refractivity contribution in [2.45, 2.75) is 0 Å². The number of aromatic amines is 1. The van der Waals surface area contributed by atoms with E-state index < -0.39 is 10.9 Å². The van der Waals surface area contributed by atoms with Crippen molar-refractivity contribution in [2.75, 3.05) is 0 Å². The summed E-state index contributed by atoms with van der Waals surface area (Å²) >= 11 is 0. The van der Waals surface area contributed by atoms with E-state index in [1.807, 2.05) is 5.21 Å². The van der Waals surface area contributed by atoms with E-state index in [2.05, 4.69) is 15.4 Å². The number of nitrogens with zero attached hydrogens (tertiary/aromatic N) is 4. The van der Waals surface area contributed by atoms with Crippen molar-refractivity contribution in [3.8, 4) is 0 Å². The minimum atomic E-state index is -0.733. The van der Waals surface area contributed by atoms with E-state index in [9.17, 15) is 10.1 Å². The fourth-order valence-electron chi connectivity index (χ4n) is 0.234. The average molecular weight is 138 g/mol. The van der Waals surface area contributed by atoms with Gasteiger partial charge in [0.1, 0.15) is 0 Å². The third kappa shape index (κ3) is 2.04. The van der Waals surface area contributed by atoms with Gasteiger partial charge in [-0.15, -0.1) is 0 Å². The predicted octanol–water partition coefficient (Wildman–Crippen LogP) is -3.89. The van der Waals surface area contributed by atoms with E-state index in [0.717, 1.165) is 0 Å². The molecule has 1 aromatic heterocycles. The normalized spacial score (nSPS) is 8.00. The van der Waals surface area contributed by atoms with Gasteiger partial charge in [-0.3, -0.25) is 0 Å². The van der Waals surface area contributed by atoms with Crippen LogP contribution in [0.25, 0.3) is 0 Å². The van der Waals surface area contributed by atoms with Crippen molar-refractivity contribution in [1.82, 2.24) is 20.6 Å². The number of tetrazole rings is 1. The monoisotopic (exact) mass is 138 g/mol. The molecule has 0 aliphatic heterocycles. The summed E-state index contributed by atoms with van der Waals surface area (Å²) in [7, 11) is 0. The Morgan fingerprint density at radius 3 is 2.56 bits per heavy atom. The van der Waals surface area contributed by atoms with Crippen LogP contribution in [0.4, 0.5) is 5.95 Å². The second kappa shape index (κ2) is 3.49. The number of H-pyrrole nitrogens is 1. The van der Waals surface area contributed by atoms with Gasteiger partial charge in [0.15, 0.2) is 0 Å². The Labute approximate surface area is 71.3 Å². The number of rotatable bonds is 1. The zero-order chi connectivity index (χ0) is 5.98. The fraction of sp³-hybridized carbons (Fsp3) is 0. The molecular formula is CHN5NaO2+. The maximum absolute atomic E-state index is 9.68. The minimum absolute atomic E-state index is 0. The molecule has 0 saturated carbocycles. The Morgan fingerprint density at radius 1 is 1.67 bits per heavy atom. The van der Waals surface area contributed by atoms with Crippen LogP contribution in [0.2, 0.25) is 0 Å². The van der Waals surface area contributed by atoms with Crippen LogP contribution in [0.3, 0.4) is 0 Å². The predicted molar refractivity (Wildman–Crippen MR) is 20.8 cm³/mol. The van der Waals surface area contributed by atoms with Gasteiger partial charge in [0.25, 0.3) is 0 Å². The Hall–Kier alpha value is -0.530. The quantitative estimate of drug-likeness (QED) is 0.243. The van der Waals surface area contributed by atoms with Gasteiger partial charge < -0.3 is 10.1 Å². The minimum Gasteiger partial charge on any atom is -0.390 e. The smallest absolute Gasteiger partial charge is 0.390 e. The molecule has 1 heterocycles. The van der Waals surface area contributed by atoms with Crippen molar-refractivity contribution in [3.63, 3.8) is 0 Å². The number of hydrogen-bond donors (Lipinski definition) is 1. The van der Waals surface area contributed by atoms with Crippen molar-refractivity contribution >= 4 is 5.95 Å². The molecule has 9 heavy (non-hydrogen) atoms. The summed E-state index contributed by atoms with van der Waals surface area (Å²) in [6.07, 6.45) is 0. The molecule has 42 valence electrons. The molecule has 0 amide bonds. The van der Waals surface area contributed by atoms with Crippen LogP contribution >= 0.6 is 0 Å². The molecule has 0 fully saturated rings. The molecule has 0 unspecified atom stereocenters. The largest absolute Gasteiger partial charge is 1.00 e. The van der Waals surface area contributed by atoms with Crippen molar-refractivity contribution in [2.24, 2.45) is 0 Å². The van der Waals surface area contributed by atoms with Crippen LogP contribution in [0.5, 0.6) is 0 Å². The maximum atomic E-state index is 9.68. The SMILES string of the molecule is O=[N+]([O-])c1nn[nH]n1.[Na+]. The van der Waals surface area contributed by atoms with Gasteiger partial charge >= 0.3 is 35.5 Å². The molecule has 0 saturated heterocycles. The molecule has 1 rings (SSSR count). The molecule has 8 heteroatoms. The topological polar surface area (TPSA) is 97.6 Å². The molecule has 1 N–H and O–H groups in total. The third-order valence-corrected chi connectivity index (χ3v) is 0.497. The summed E-state index contributed by atoms with van der Waals surface area (Å²) in [6, 6.07) is 0. The van der Waals surface area contributed by atoms with E-state index in [0.29, 0.717) is 0 Å². The van der Waals surface area contributed by atoms with Gasteiger partial charge in [-0.05, 0) is 4.92 Å². The van der Waals surface area contributed by atoms with Crippen molar-refractivity contribution in [1.29, 1.82) is 0 Å². The number of nitro groups is 1. The average Bonchev–Trinajstić information content (AvgIpc) is 2.12. The van der Waals surface area contributed by atoms with Gasteiger partial charge in [-0.1, -0.05) is 5.21 Å². The van der Waals surface area contributed by atoms with E-state index >= 15 is 0 Å². The summed E-state index contributed by atoms with van der Waals surface area (Å²) < 4.78 is 0. The molecule has 0 atom stereocenters. The number of aromatic nitrogens is 4. The Balaban J connectivity index is 0.000000640. The fourth-order valence-corrected chi connectivity index (χ4v) is 0.234. The van der Waals surface area contributed by atoms with Gasteiger partial charge in [-0.25, -0.2) is 0 Å². The molecular weight excluding hydrogens is 137 g/mol. The van der Waals surface area contributed by atoms with Crippen LogP contribution < -0.4 is 29.6 Å². The number of hydrogen-bond acceptors (Lipinski definition) is 5. The Bertz CT molecular complexity index is 183. The van der Waals surface area contributed by atoms with Crippen LogP contribution in [-0.4, -0.2) is 25.5 Å². The second-order valence-electron chi connectivity index (χ2n) is 0.969. The van der Waals surface area contributed by atoms with Crippen LogP contribution in [0.15, 0.2) is 0 Å².